The summed E-state index contributed by atoms with van der Waals surface area (Å²) < 4.78 is 77.0. The summed E-state index contributed by atoms with van der Waals surface area (Å²) in [5.74, 6) is -1.50. The van der Waals surface area contributed by atoms with Crippen LogP contribution in [0.5, 0.6) is 5.75 Å². The van der Waals surface area contributed by atoms with Crippen molar-refractivity contribution in [3.8, 4) is 5.75 Å². The first-order valence-corrected chi connectivity index (χ1v) is 5.58. The third-order valence-electron chi connectivity index (χ3n) is 1.85. The van der Waals surface area contributed by atoms with Gasteiger partial charge in [0.25, 0.3) is 0 Å². The zero-order valence-corrected chi connectivity index (χ0v) is 10.4. The van der Waals surface area contributed by atoms with Crippen molar-refractivity contribution in [2.75, 3.05) is 0 Å². The van der Waals surface area contributed by atoms with Gasteiger partial charge in [-0.2, -0.15) is 13.2 Å². The highest BCUT2D eigenvalue weighted by Crippen LogP contribution is 2.38. The standard InChI is InChI=1S/C9H4BrF6NO2/c10-2-4-1-6(19-9(14,15)16)7(8(11,12)13)17-5(4)3-18/h1,3H,2H2. The fourth-order valence-electron chi connectivity index (χ4n) is 1.16. The van der Waals surface area contributed by atoms with E-state index in [1.807, 2.05) is 0 Å². The lowest BCUT2D eigenvalue weighted by atomic mass is 10.2. The quantitative estimate of drug-likeness (QED) is 0.473. The molecule has 0 saturated carbocycles. The van der Waals surface area contributed by atoms with Crippen LogP contribution < -0.4 is 4.74 Å². The monoisotopic (exact) mass is 351 g/mol. The van der Waals surface area contributed by atoms with Gasteiger partial charge < -0.3 is 4.74 Å². The molecule has 0 N–H and O–H groups in total. The molecular formula is C9H4BrF6NO2. The van der Waals surface area contributed by atoms with Gasteiger partial charge in [-0.15, -0.1) is 13.2 Å². The van der Waals surface area contributed by atoms with E-state index < -0.39 is 29.7 Å². The molecule has 1 aromatic heterocycles. The first-order chi connectivity index (χ1) is 8.58. The Morgan fingerprint density at radius 2 is 1.84 bits per heavy atom. The Bertz CT molecular complexity index is 485. The van der Waals surface area contributed by atoms with Gasteiger partial charge in [0.15, 0.2) is 17.7 Å². The van der Waals surface area contributed by atoms with Crippen molar-refractivity contribution in [1.29, 1.82) is 0 Å². The molecule has 0 saturated heterocycles. The summed E-state index contributed by atoms with van der Waals surface area (Å²) in [6.07, 6.45) is -10.5. The van der Waals surface area contributed by atoms with E-state index in [9.17, 15) is 31.1 Å². The van der Waals surface area contributed by atoms with Gasteiger partial charge in [0.05, 0.1) is 0 Å². The van der Waals surface area contributed by atoms with Gasteiger partial charge >= 0.3 is 12.5 Å². The lowest BCUT2D eigenvalue weighted by molar-refractivity contribution is -0.276. The Morgan fingerprint density at radius 3 is 2.21 bits per heavy atom. The highest BCUT2D eigenvalue weighted by molar-refractivity contribution is 9.08. The molecule has 1 rings (SSSR count). The number of nitrogens with zero attached hydrogens (tertiary/aromatic N) is 1. The van der Waals surface area contributed by atoms with E-state index in [0.717, 1.165) is 0 Å². The predicted molar refractivity (Wildman–Crippen MR) is 53.9 cm³/mol. The minimum atomic E-state index is -5.30. The van der Waals surface area contributed by atoms with E-state index in [1.165, 1.54) is 0 Å². The molecule has 106 valence electrons. The SMILES string of the molecule is O=Cc1nc(C(F)(F)F)c(OC(F)(F)F)cc1CBr. The molecule has 0 aromatic carbocycles. The molecule has 0 aliphatic heterocycles. The van der Waals surface area contributed by atoms with Crippen molar-refractivity contribution >= 4 is 22.2 Å². The Balaban J connectivity index is 3.45. The molecule has 10 heteroatoms. The van der Waals surface area contributed by atoms with E-state index in [0.29, 0.717) is 6.07 Å². The molecule has 0 spiro atoms. The van der Waals surface area contributed by atoms with Gasteiger partial charge in [0, 0.05) is 5.33 Å². The number of halogens is 7. The van der Waals surface area contributed by atoms with Crippen molar-refractivity contribution in [1.82, 2.24) is 4.98 Å². The topological polar surface area (TPSA) is 39.2 Å². The van der Waals surface area contributed by atoms with Crippen LogP contribution in [-0.4, -0.2) is 17.6 Å². The number of carbonyl (C=O) groups excluding carboxylic acids is 1. The number of ether oxygens (including phenoxy) is 1. The summed E-state index contributed by atoms with van der Waals surface area (Å²) in [4.78, 5) is 13.4. The molecule has 0 radical (unpaired) electrons. The van der Waals surface area contributed by atoms with Crippen molar-refractivity contribution < 1.29 is 35.9 Å². The molecule has 0 atom stereocenters. The minimum absolute atomic E-state index is 0.0171. The largest absolute Gasteiger partial charge is 0.573 e. The molecule has 0 amide bonds. The molecule has 0 unspecified atom stereocenters. The van der Waals surface area contributed by atoms with Crippen LogP contribution >= 0.6 is 15.9 Å². The summed E-state index contributed by atoms with van der Waals surface area (Å²) in [7, 11) is 0. The summed E-state index contributed by atoms with van der Waals surface area (Å²) in [5, 5.41) is -0.152. The first kappa shape index (κ1) is 15.7. The lowest BCUT2D eigenvalue weighted by Crippen LogP contribution is -2.22. The van der Waals surface area contributed by atoms with E-state index in [-0.39, 0.29) is 17.2 Å². The van der Waals surface area contributed by atoms with Crippen LogP contribution in [0.3, 0.4) is 0 Å². The van der Waals surface area contributed by atoms with Crippen LogP contribution in [0.4, 0.5) is 26.3 Å². The van der Waals surface area contributed by atoms with Crippen LogP contribution in [0.25, 0.3) is 0 Å². The number of hydrogen-bond acceptors (Lipinski definition) is 3. The normalized spacial score (nSPS) is 12.4. The van der Waals surface area contributed by atoms with Crippen LogP contribution in [0.2, 0.25) is 0 Å². The van der Waals surface area contributed by atoms with Crippen molar-refractivity contribution in [3.05, 3.63) is 23.0 Å². The maximum Gasteiger partial charge on any atom is 0.573 e. The van der Waals surface area contributed by atoms with Gasteiger partial charge in [0.1, 0.15) is 5.69 Å². The Labute approximate surface area is 110 Å². The number of carbonyl (C=O) groups is 1. The van der Waals surface area contributed by atoms with Crippen LogP contribution in [0, 0.1) is 0 Å². The number of pyridine rings is 1. The fraction of sp³-hybridized carbons (Fsp3) is 0.333. The van der Waals surface area contributed by atoms with E-state index >= 15 is 0 Å². The number of aldehydes is 1. The fourth-order valence-corrected chi connectivity index (χ4v) is 1.61. The molecule has 0 bridgehead atoms. The number of alkyl halides is 7. The highest BCUT2D eigenvalue weighted by Gasteiger charge is 2.41. The summed E-state index contributed by atoms with van der Waals surface area (Å²) >= 11 is 2.82. The Morgan fingerprint density at radius 1 is 1.26 bits per heavy atom. The Hall–Kier alpha value is -1.32. The summed E-state index contributed by atoms with van der Waals surface area (Å²) in [6, 6.07) is 0.474. The molecule has 1 heterocycles. The van der Waals surface area contributed by atoms with Gasteiger partial charge in [-0.3, -0.25) is 4.79 Å². The van der Waals surface area contributed by atoms with Crippen molar-refractivity contribution in [3.63, 3.8) is 0 Å². The highest BCUT2D eigenvalue weighted by atomic mass is 79.9. The Kier molecular flexibility index (Phi) is 4.43. The molecule has 0 fully saturated rings. The second kappa shape index (κ2) is 5.35. The molecule has 0 aliphatic rings. The molecule has 3 nitrogen and oxygen atoms in total. The van der Waals surface area contributed by atoms with Gasteiger partial charge in [-0.25, -0.2) is 4.98 Å². The molecule has 0 aliphatic carbocycles. The van der Waals surface area contributed by atoms with E-state index in [4.69, 9.17) is 0 Å². The van der Waals surface area contributed by atoms with Crippen molar-refractivity contribution in [2.24, 2.45) is 0 Å². The van der Waals surface area contributed by atoms with Gasteiger partial charge in [-0.05, 0) is 11.6 Å². The average molecular weight is 352 g/mol. The van der Waals surface area contributed by atoms with Crippen molar-refractivity contribution in [2.45, 2.75) is 17.9 Å². The molecular weight excluding hydrogens is 348 g/mol. The zero-order chi connectivity index (χ0) is 14.8. The van der Waals surface area contributed by atoms with E-state index in [2.05, 4.69) is 25.7 Å². The van der Waals surface area contributed by atoms with E-state index in [1.54, 1.807) is 0 Å². The second-order valence-electron chi connectivity index (χ2n) is 3.18. The molecule has 1 aromatic rings. The third-order valence-corrected chi connectivity index (χ3v) is 2.45. The number of hydrogen-bond donors (Lipinski definition) is 0. The lowest BCUT2D eigenvalue weighted by Gasteiger charge is -2.16. The summed E-state index contributed by atoms with van der Waals surface area (Å²) in [5.41, 5.74) is -2.67. The maximum atomic E-state index is 12.5. The van der Waals surface area contributed by atoms with Crippen LogP contribution in [0.1, 0.15) is 21.7 Å². The molecule has 19 heavy (non-hydrogen) atoms. The third kappa shape index (κ3) is 4.08. The van der Waals surface area contributed by atoms with Crippen LogP contribution in [-0.2, 0) is 11.5 Å². The number of aromatic nitrogens is 1. The number of rotatable bonds is 3. The smallest absolute Gasteiger partial charge is 0.403 e. The first-order valence-electron chi connectivity index (χ1n) is 4.46. The zero-order valence-electron chi connectivity index (χ0n) is 8.77. The predicted octanol–water partition coefficient (Wildman–Crippen LogP) is 3.71. The minimum Gasteiger partial charge on any atom is -0.403 e. The summed E-state index contributed by atoms with van der Waals surface area (Å²) in [6.45, 7) is 0. The maximum absolute atomic E-state index is 12.5. The van der Waals surface area contributed by atoms with Gasteiger partial charge in [-0.1, -0.05) is 15.9 Å². The van der Waals surface area contributed by atoms with Crippen LogP contribution in [0.15, 0.2) is 6.07 Å². The second-order valence-corrected chi connectivity index (χ2v) is 3.74. The average Bonchev–Trinajstić information content (AvgIpc) is 2.24. The van der Waals surface area contributed by atoms with Gasteiger partial charge in [0.2, 0.25) is 0 Å².